The van der Waals surface area contributed by atoms with E-state index in [1.807, 2.05) is 13.8 Å². The van der Waals surface area contributed by atoms with E-state index in [1.54, 1.807) is 0 Å². The lowest BCUT2D eigenvalue weighted by molar-refractivity contribution is -0.133. The van der Waals surface area contributed by atoms with Crippen molar-refractivity contribution in [2.75, 3.05) is 0 Å². The molecule has 2 atom stereocenters. The van der Waals surface area contributed by atoms with Crippen LogP contribution in [0, 0.1) is 11.8 Å². The summed E-state index contributed by atoms with van der Waals surface area (Å²) in [7, 11) is 0. The fraction of sp³-hybridized carbons (Fsp3) is 0.833. The van der Waals surface area contributed by atoms with Crippen molar-refractivity contribution in [3.8, 4) is 0 Å². The third kappa shape index (κ3) is 0.561. The molecule has 1 rings (SSSR count). The third-order valence-corrected chi connectivity index (χ3v) is 1.68. The van der Waals surface area contributed by atoms with Crippen molar-refractivity contribution >= 4 is 5.78 Å². The van der Waals surface area contributed by atoms with Crippen LogP contribution in [0.2, 0.25) is 0 Å². The number of carbonyl (C=O) groups is 1. The molecule has 0 bridgehead atoms. The molecule has 0 unspecified atom stereocenters. The molecule has 0 amide bonds. The van der Waals surface area contributed by atoms with Gasteiger partial charge in [-0.2, -0.15) is 0 Å². The lowest BCUT2D eigenvalue weighted by Crippen LogP contribution is -2.32. The second-order valence-electron chi connectivity index (χ2n) is 2.44. The van der Waals surface area contributed by atoms with Crippen LogP contribution in [0.1, 0.15) is 20.3 Å². The van der Waals surface area contributed by atoms with Crippen molar-refractivity contribution in [3.63, 3.8) is 0 Å². The van der Waals surface area contributed by atoms with Crippen molar-refractivity contribution in [1.82, 2.24) is 0 Å². The molecule has 1 nitrogen and oxygen atoms in total. The first-order valence-corrected chi connectivity index (χ1v) is 2.75. The predicted octanol–water partition coefficient (Wildman–Crippen LogP) is 1.23. The molecule has 0 saturated heterocycles. The highest BCUT2D eigenvalue weighted by molar-refractivity contribution is 5.88. The van der Waals surface area contributed by atoms with Gasteiger partial charge in [-0.15, -0.1) is 0 Å². The van der Waals surface area contributed by atoms with Crippen LogP contribution in [-0.2, 0) is 4.79 Å². The van der Waals surface area contributed by atoms with Crippen LogP contribution in [0.5, 0.6) is 0 Å². The molecular weight excluding hydrogens is 88.1 g/mol. The number of carbonyl (C=O) groups excluding carboxylic acids is 1. The molecule has 1 saturated carbocycles. The summed E-state index contributed by atoms with van der Waals surface area (Å²) in [5.74, 6) is 1.19. The molecule has 0 heterocycles. The lowest BCUT2D eigenvalue weighted by Gasteiger charge is -2.26. The monoisotopic (exact) mass is 98.1 g/mol. The number of hydrogen-bond acceptors (Lipinski definition) is 1. The zero-order valence-electron chi connectivity index (χ0n) is 4.77. The molecular formula is C6H10O. The van der Waals surface area contributed by atoms with E-state index in [4.69, 9.17) is 0 Å². The van der Waals surface area contributed by atoms with E-state index in [0.717, 1.165) is 6.42 Å². The second kappa shape index (κ2) is 1.32. The number of hydrogen-bond donors (Lipinski definition) is 0. The Labute approximate surface area is 43.7 Å². The molecule has 0 spiro atoms. The number of rotatable bonds is 0. The topological polar surface area (TPSA) is 17.1 Å². The zero-order valence-corrected chi connectivity index (χ0v) is 4.77. The molecule has 0 aliphatic heterocycles. The van der Waals surface area contributed by atoms with Gasteiger partial charge in [0.15, 0.2) is 0 Å². The van der Waals surface area contributed by atoms with Gasteiger partial charge in [-0.25, -0.2) is 0 Å². The minimum absolute atomic E-state index is 0.370. The van der Waals surface area contributed by atoms with Gasteiger partial charge in [-0.1, -0.05) is 13.8 Å². The number of Topliss-reactive ketones (excluding diaryl/α,β-unsaturated/α-hetero) is 1. The highest BCUT2D eigenvalue weighted by Crippen LogP contribution is 2.27. The van der Waals surface area contributed by atoms with Crippen molar-refractivity contribution in [1.29, 1.82) is 0 Å². The molecule has 0 aromatic carbocycles. The van der Waals surface area contributed by atoms with Crippen molar-refractivity contribution in [3.05, 3.63) is 0 Å². The maximum absolute atomic E-state index is 10.6. The summed E-state index contributed by atoms with van der Waals surface area (Å²) in [5.41, 5.74) is 0. The minimum Gasteiger partial charge on any atom is -0.299 e. The van der Waals surface area contributed by atoms with E-state index in [9.17, 15) is 4.79 Å². The first kappa shape index (κ1) is 4.82. The Hall–Kier alpha value is -0.330. The molecule has 1 fully saturated rings. The largest absolute Gasteiger partial charge is 0.299 e. The van der Waals surface area contributed by atoms with Crippen LogP contribution >= 0.6 is 0 Å². The zero-order chi connectivity index (χ0) is 5.44. The van der Waals surface area contributed by atoms with Crippen molar-refractivity contribution < 1.29 is 4.79 Å². The third-order valence-electron chi connectivity index (χ3n) is 1.68. The summed E-state index contributed by atoms with van der Waals surface area (Å²) in [6.07, 6.45) is 1.11. The van der Waals surface area contributed by atoms with Gasteiger partial charge in [0, 0.05) is 11.8 Å². The second-order valence-corrected chi connectivity index (χ2v) is 2.44. The molecule has 7 heavy (non-hydrogen) atoms. The van der Waals surface area contributed by atoms with Crippen LogP contribution in [0.25, 0.3) is 0 Å². The van der Waals surface area contributed by atoms with Crippen LogP contribution in [0.3, 0.4) is 0 Å². The Morgan fingerprint density at radius 3 is 1.86 bits per heavy atom. The number of ketones is 1. The Balaban J connectivity index is 2.44. The van der Waals surface area contributed by atoms with E-state index >= 15 is 0 Å². The molecule has 0 N–H and O–H groups in total. The molecule has 1 heteroatoms. The smallest absolute Gasteiger partial charge is 0.138 e. The molecule has 40 valence electrons. The van der Waals surface area contributed by atoms with Gasteiger partial charge in [0.2, 0.25) is 0 Å². The molecule has 1 aliphatic rings. The maximum Gasteiger partial charge on any atom is 0.138 e. The van der Waals surface area contributed by atoms with Crippen LogP contribution in [0.4, 0.5) is 0 Å². The fourth-order valence-corrected chi connectivity index (χ4v) is 1.09. The molecule has 0 radical (unpaired) electrons. The summed E-state index contributed by atoms with van der Waals surface area (Å²) < 4.78 is 0. The van der Waals surface area contributed by atoms with Gasteiger partial charge in [-0.05, 0) is 6.42 Å². The van der Waals surface area contributed by atoms with E-state index in [-0.39, 0.29) is 0 Å². The Morgan fingerprint density at radius 2 is 1.86 bits per heavy atom. The average Bonchev–Trinajstić information content (AvgIpc) is 1.68. The molecule has 0 aromatic heterocycles. The van der Waals surface area contributed by atoms with Crippen LogP contribution in [-0.4, -0.2) is 5.78 Å². The van der Waals surface area contributed by atoms with Crippen LogP contribution < -0.4 is 0 Å². The van der Waals surface area contributed by atoms with E-state index in [0.29, 0.717) is 17.6 Å². The highest BCUT2D eigenvalue weighted by Gasteiger charge is 2.31. The van der Waals surface area contributed by atoms with E-state index in [2.05, 4.69) is 0 Å². The minimum atomic E-state index is 0.370. The molecule has 1 aliphatic carbocycles. The summed E-state index contributed by atoms with van der Waals surface area (Å²) in [5, 5.41) is 0. The highest BCUT2D eigenvalue weighted by atomic mass is 16.1. The van der Waals surface area contributed by atoms with Gasteiger partial charge in [0.1, 0.15) is 5.78 Å². The first-order valence-electron chi connectivity index (χ1n) is 2.75. The SMILES string of the molecule is C[C@H]1C[C@H](C)C1=O. The van der Waals surface area contributed by atoms with Gasteiger partial charge < -0.3 is 0 Å². The summed E-state index contributed by atoms with van der Waals surface area (Å²) in [6.45, 7) is 3.98. The standard InChI is InChI=1S/C6H10O/c1-4-3-5(2)6(4)7/h4-5H,3H2,1-2H3/t4-,5-/m0/s1. The Morgan fingerprint density at radius 1 is 1.43 bits per heavy atom. The predicted molar refractivity (Wildman–Crippen MR) is 28.0 cm³/mol. The quantitative estimate of drug-likeness (QED) is 0.445. The first-order chi connectivity index (χ1) is 3.22. The summed E-state index contributed by atoms with van der Waals surface area (Å²) >= 11 is 0. The van der Waals surface area contributed by atoms with Gasteiger partial charge in [0.25, 0.3) is 0 Å². The van der Waals surface area contributed by atoms with Crippen LogP contribution in [0.15, 0.2) is 0 Å². The maximum atomic E-state index is 10.6. The fourth-order valence-electron chi connectivity index (χ4n) is 1.09. The van der Waals surface area contributed by atoms with Crippen molar-refractivity contribution in [2.24, 2.45) is 11.8 Å². The molecule has 0 aromatic rings. The van der Waals surface area contributed by atoms with E-state index < -0.39 is 0 Å². The average molecular weight is 98.1 g/mol. The Kier molecular flexibility index (Phi) is 0.911. The summed E-state index contributed by atoms with van der Waals surface area (Å²) in [6, 6.07) is 0. The van der Waals surface area contributed by atoms with Gasteiger partial charge in [0.05, 0.1) is 0 Å². The van der Waals surface area contributed by atoms with Gasteiger partial charge in [-0.3, -0.25) is 4.79 Å². The lowest BCUT2D eigenvalue weighted by atomic mass is 9.76. The van der Waals surface area contributed by atoms with E-state index in [1.165, 1.54) is 0 Å². The Bertz CT molecular complexity index is 86.4. The van der Waals surface area contributed by atoms with Crippen molar-refractivity contribution in [2.45, 2.75) is 20.3 Å². The van der Waals surface area contributed by atoms with Gasteiger partial charge >= 0.3 is 0 Å². The normalized spacial score (nSPS) is 40.6. The summed E-state index contributed by atoms with van der Waals surface area (Å²) in [4.78, 5) is 10.6.